The molecule has 0 fully saturated rings. The van der Waals surface area contributed by atoms with Crippen LogP contribution in [0.1, 0.15) is 34.5 Å². The van der Waals surface area contributed by atoms with Gasteiger partial charge >= 0.3 is 0 Å². The summed E-state index contributed by atoms with van der Waals surface area (Å²) in [6, 6.07) is 11.4. The van der Waals surface area contributed by atoms with E-state index in [9.17, 15) is 9.59 Å². The fourth-order valence-electron chi connectivity index (χ4n) is 2.42. The van der Waals surface area contributed by atoms with E-state index in [0.29, 0.717) is 12.1 Å². The van der Waals surface area contributed by atoms with Gasteiger partial charge in [-0.1, -0.05) is 31.2 Å². The molecule has 1 amide bonds. The molecule has 0 saturated carbocycles. The zero-order valence-electron chi connectivity index (χ0n) is 13.8. The van der Waals surface area contributed by atoms with E-state index < -0.39 is 0 Å². The number of amides is 1. The van der Waals surface area contributed by atoms with E-state index in [0.717, 1.165) is 12.0 Å². The summed E-state index contributed by atoms with van der Waals surface area (Å²) in [5.74, 6) is -0.196. The Bertz CT molecular complexity index is 684. The highest BCUT2D eigenvalue weighted by molar-refractivity contribution is 5.93. The lowest BCUT2D eigenvalue weighted by Crippen LogP contribution is -2.34. The maximum atomic E-state index is 12.2. The summed E-state index contributed by atoms with van der Waals surface area (Å²) >= 11 is 0. The SMILES string of the molecule is CCc1ccc([C@H](CNC(=O)c2ccc(=O)[nH]c2)N(C)C)cc1. The summed E-state index contributed by atoms with van der Waals surface area (Å²) in [6.45, 7) is 2.62. The van der Waals surface area contributed by atoms with Gasteiger partial charge in [-0.3, -0.25) is 9.59 Å². The van der Waals surface area contributed by atoms with Crippen LogP contribution in [-0.4, -0.2) is 36.4 Å². The molecule has 0 bridgehead atoms. The summed E-state index contributed by atoms with van der Waals surface area (Å²) in [5.41, 5.74) is 2.68. The number of hydrogen-bond acceptors (Lipinski definition) is 3. The van der Waals surface area contributed by atoms with E-state index in [1.54, 1.807) is 0 Å². The number of carbonyl (C=O) groups excluding carboxylic acids is 1. The lowest BCUT2D eigenvalue weighted by atomic mass is 10.0. The highest BCUT2D eigenvalue weighted by Gasteiger charge is 2.16. The minimum atomic E-state index is -0.219. The van der Waals surface area contributed by atoms with Crippen molar-refractivity contribution < 1.29 is 4.79 Å². The highest BCUT2D eigenvalue weighted by Crippen LogP contribution is 2.18. The number of carbonyl (C=O) groups is 1. The largest absolute Gasteiger partial charge is 0.350 e. The van der Waals surface area contributed by atoms with Crippen LogP contribution in [0.5, 0.6) is 0 Å². The average molecular weight is 313 g/mol. The zero-order chi connectivity index (χ0) is 16.8. The molecule has 5 heteroatoms. The lowest BCUT2D eigenvalue weighted by molar-refractivity contribution is 0.0941. The third-order valence-electron chi connectivity index (χ3n) is 3.90. The van der Waals surface area contributed by atoms with Gasteiger partial charge in [0, 0.05) is 18.8 Å². The summed E-state index contributed by atoms with van der Waals surface area (Å²) in [4.78, 5) is 27.8. The van der Waals surface area contributed by atoms with Gasteiger partial charge in [-0.25, -0.2) is 0 Å². The van der Waals surface area contributed by atoms with Crippen molar-refractivity contribution in [3.05, 3.63) is 69.6 Å². The number of hydrogen-bond donors (Lipinski definition) is 2. The van der Waals surface area contributed by atoms with Crippen molar-refractivity contribution in [1.82, 2.24) is 15.2 Å². The van der Waals surface area contributed by atoms with Gasteiger partial charge in [-0.2, -0.15) is 0 Å². The number of benzene rings is 1. The first-order chi connectivity index (χ1) is 11.0. The van der Waals surface area contributed by atoms with Gasteiger partial charge in [0.25, 0.3) is 5.91 Å². The van der Waals surface area contributed by atoms with E-state index in [2.05, 4.69) is 46.4 Å². The molecular formula is C18H23N3O2. The van der Waals surface area contributed by atoms with E-state index in [4.69, 9.17) is 0 Å². The number of aromatic nitrogens is 1. The van der Waals surface area contributed by atoms with Gasteiger partial charge in [0.2, 0.25) is 5.56 Å². The van der Waals surface area contributed by atoms with E-state index in [1.807, 2.05) is 14.1 Å². The smallest absolute Gasteiger partial charge is 0.252 e. The summed E-state index contributed by atoms with van der Waals surface area (Å²) in [6.07, 6.45) is 2.44. The topological polar surface area (TPSA) is 65.2 Å². The molecule has 122 valence electrons. The molecule has 0 aliphatic carbocycles. The number of pyridine rings is 1. The average Bonchev–Trinajstić information content (AvgIpc) is 2.55. The first-order valence-electron chi connectivity index (χ1n) is 7.73. The van der Waals surface area contributed by atoms with Crippen LogP contribution in [-0.2, 0) is 6.42 Å². The molecule has 0 saturated heterocycles. The number of nitrogens with zero attached hydrogens (tertiary/aromatic N) is 1. The van der Waals surface area contributed by atoms with E-state index in [-0.39, 0.29) is 17.5 Å². The van der Waals surface area contributed by atoms with E-state index in [1.165, 1.54) is 23.9 Å². The van der Waals surface area contributed by atoms with Gasteiger partial charge in [0.05, 0.1) is 11.6 Å². The number of aryl methyl sites for hydroxylation is 1. The Morgan fingerprint density at radius 3 is 2.39 bits per heavy atom. The molecule has 1 aromatic heterocycles. The Morgan fingerprint density at radius 2 is 1.87 bits per heavy atom. The first kappa shape index (κ1) is 17.0. The van der Waals surface area contributed by atoms with Gasteiger partial charge < -0.3 is 15.2 Å². The third kappa shape index (κ3) is 4.53. The Kier molecular flexibility index (Phi) is 5.71. The normalized spacial score (nSPS) is 12.2. The van der Waals surface area contributed by atoms with Crippen LogP contribution in [0.4, 0.5) is 0 Å². The van der Waals surface area contributed by atoms with Crippen molar-refractivity contribution in [3.63, 3.8) is 0 Å². The van der Waals surface area contributed by atoms with Crippen molar-refractivity contribution in [3.8, 4) is 0 Å². The van der Waals surface area contributed by atoms with Gasteiger partial charge in [0.1, 0.15) is 0 Å². The molecule has 2 rings (SSSR count). The second-order valence-corrected chi connectivity index (χ2v) is 5.73. The summed E-state index contributed by atoms with van der Waals surface area (Å²) in [5, 5.41) is 2.92. The summed E-state index contributed by atoms with van der Waals surface area (Å²) < 4.78 is 0. The third-order valence-corrected chi connectivity index (χ3v) is 3.90. The zero-order valence-corrected chi connectivity index (χ0v) is 13.8. The maximum absolute atomic E-state index is 12.2. The van der Waals surface area contributed by atoms with Crippen molar-refractivity contribution in [1.29, 1.82) is 0 Å². The van der Waals surface area contributed by atoms with Crippen LogP contribution in [0, 0.1) is 0 Å². The number of nitrogens with one attached hydrogen (secondary N) is 2. The standard InChI is InChI=1S/C18H23N3O2/c1-4-13-5-7-14(8-6-13)16(21(2)3)12-20-18(23)15-9-10-17(22)19-11-15/h5-11,16H,4,12H2,1-3H3,(H,19,22)(H,20,23)/t16-/m0/s1. The predicted molar refractivity (Wildman–Crippen MR) is 91.6 cm³/mol. The van der Waals surface area contributed by atoms with Crippen LogP contribution in [0.25, 0.3) is 0 Å². The molecule has 1 aromatic carbocycles. The highest BCUT2D eigenvalue weighted by atomic mass is 16.1. The molecule has 1 heterocycles. The Hall–Kier alpha value is -2.40. The number of aromatic amines is 1. The predicted octanol–water partition coefficient (Wildman–Crippen LogP) is 1.97. The molecular weight excluding hydrogens is 290 g/mol. The number of rotatable bonds is 6. The summed E-state index contributed by atoms with van der Waals surface area (Å²) in [7, 11) is 3.98. The minimum Gasteiger partial charge on any atom is -0.350 e. The van der Waals surface area contributed by atoms with Crippen LogP contribution < -0.4 is 10.9 Å². The fraction of sp³-hybridized carbons (Fsp3) is 0.333. The second-order valence-electron chi connectivity index (χ2n) is 5.73. The number of likely N-dealkylation sites (N-methyl/N-ethyl adjacent to an activating group) is 1. The molecule has 2 aromatic rings. The molecule has 0 aliphatic rings. The van der Waals surface area contributed by atoms with Crippen molar-refractivity contribution in [2.45, 2.75) is 19.4 Å². The van der Waals surface area contributed by atoms with Crippen molar-refractivity contribution in [2.75, 3.05) is 20.6 Å². The van der Waals surface area contributed by atoms with Gasteiger partial charge in [-0.15, -0.1) is 0 Å². The molecule has 23 heavy (non-hydrogen) atoms. The van der Waals surface area contributed by atoms with Gasteiger partial charge in [-0.05, 0) is 37.7 Å². The van der Waals surface area contributed by atoms with Crippen LogP contribution in [0.2, 0.25) is 0 Å². The fourth-order valence-corrected chi connectivity index (χ4v) is 2.42. The van der Waals surface area contributed by atoms with Crippen LogP contribution in [0.3, 0.4) is 0 Å². The van der Waals surface area contributed by atoms with Crippen LogP contribution in [0.15, 0.2) is 47.4 Å². The molecule has 1 atom stereocenters. The monoisotopic (exact) mass is 313 g/mol. The van der Waals surface area contributed by atoms with Crippen molar-refractivity contribution >= 4 is 5.91 Å². The second kappa shape index (κ2) is 7.74. The lowest BCUT2D eigenvalue weighted by Gasteiger charge is -2.25. The van der Waals surface area contributed by atoms with E-state index >= 15 is 0 Å². The first-order valence-corrected chi connectivity index (χ1v) is 7.73. The molecule has 0 radical (unpaired) electrons. The Morgan fingerprint density at radius 1 is 1.17 bits per heavy atom. The molecule has 0 aliphatic heterocycles. The Labute approximate surface area is 136 Å². The van der Waals surface area contributed by atoms with Gasteiger partial charge in [0.15, 0.2) is 0 Å². The molecule has 5 nitrogen and oxygen atoms in total. The minimum absolute atomic E-state index is 0.0904. The maximum Gasteiger partial charge on any atom is 0.252 e. The molecule has 2 N–H and O–H groups in total. The Balaban J connectivity index is 2.05. The van der Waals surface area contributed by atoms with Crippen LogP contribution >= 0.6 is 0 Å². The molecule has 0 spiro atoms. The molecule has 0 unspecified atom stereocenters. The quantitative estimate of drug-likeness (QED) is 0.857. The number of H-pyrrole nitrogens is 1. The van der Waals surface area contributed by atoms with Crippen molar-refractivity contribution in [2.24, 2.45) is 0 Å².